The fraction of sp³-hybridized carbons (Fsp3) is 0.400. The van der Waals surface area contributed by atoms with E-state index in [0.29, 0.717) is 18.5 Å². The average Bonchev–Trinajstić information content (AvgIpc) is 2.72. The van der Waals surface area contributed by atoms with Gasteiger partial charge in [-0.2, -0.15) is 4.39 Å². The molecule has 4 N–H and O–H groups in total. The number of carbonyl (C=O) groups is 2. The third kappa shape index (κ3) is 4.17. The van der Waals surface area contributed by atoms with Gasteiger partial charge in [0.2, 0.25) is 11.7 Å². The molecule has 170 valence electrons. The number of nitrogens with zero attached hydrogens (tertiary/aromatic N) is 4. The lowest BCUT2D eigenvalue weighted by Crippen LogP contribution is -2.64. The summed E-state index contributed by atoms with van der Waals surface area (Å²) in [6, 6.07) is 1.88. The van der Waals surface area contributed by atoms with Crippen molar-refractivity contribution in [2.45, 2.75) is 37.5 Å². The molecule has 9 nitrogen and oxygen atoms in total. The van der Waals surface area contributed by atoms with Crippen LogP contribution in [0.4, 0.5) is 26.1 Å². The molecule has 1 unspecified atom stereocenters. The van der Waals surface area contributed by atoms with E-state index >= 15 is 0 Å². The van der Waals surface area contributed by atoms with Crippen molar-refractivity contribution in [3.05, 3.63) is 41.2 Å². The van der Waals surface area contributed by atoms with E-state index in [4.69, 9.17) is 17.3 Å². The number of hydrogen-bond acceptors (Lipinski definition) is 7. The first kappa shape index (κ1) is 22.2. The van der Waals surface area contributed by atoms with Gasteiger partial charge >= 0.3 is 0 Å². The summed E-state index contributed by atoms with van der Waals surface area (Å²) in [6.07, 6.45) is 1.00. The first-order valence-electron chi connectivity index (χ1n) is 10.0. The standard InChI is InChI=1S/C20H21ClF2N6O3/c21-10-6-11(22)8-12(7-10)27-13-2-1-4-28(19(13)31)16-14(30)3-5-29(20(16)32)18-15(23)17(24)25-9-26-18/h6-9,13-14,16,27,30H,1-5H2,(H2,24,25,26)/t13?,14-,16+/m0/s1. The van der Waals surface area contributed by atoms with Crippen LogP contribution in [0.2, 0.25) is 5.02 Å². The van der Waals surface area contributed by atoms with Crippen molar-refractivity contribution >= 4 is 40.7 Å². The minimum Gasteiger partial charge on any atom is -0.390 e. The van der Waals surface area contributed by atoms with Crippen LogP contribution in [-0.2, 0) is 9.59 Å². The molecule has 0 aliphatic carbocycles. The fourth-order valence-electron chi connectivity index (χ4n) is 4.11. The van der Waals surface area contributed by atoms with Gasteiger partial charge in [-0.15, -0.1) is 0 Å². The SMILES string of the molecule is Nc1ncnc(N2CC[C@H](O)[C@@H](N3CCCC(Nc4cc(F)cc(Cl)c4)C3=O)C2=O)c1F. The first-order valence-corrected chi connectivity index (χ1v) is 10.4. The number of carbonyl (C=O) groups excluding carboxylic acids is 2. The van der Waals surface area contributed by atoms with Crippen LogP contribution >= 0.6 is 11.6 Å². The number of benzene rings is 1. The zero-order valence-corrected chi connectivity index (χ0v) is 17.6. The number of nitrogen functional groups attached to an aromatic ring is 1. The summed E-state index contributed by atoms with van der Waals surface area (Å²) in [4.78, 5) is 36.1. The summed E-state index contributed by atoms with van der Waals surface area (Å²) in [6.45, 7) is 0.242. The van der Waals surface area contributed by atoms with E-state index < -0.39 is 47.5 Å². The number of anilines is 3. The van der Waals surface area contributed by atoms with Crippen molar-refractivity contribution in [3.63, 3.8) is 0 Å². The molecule has 4 rings (SSSR count). The number of nitrogens with one attached hydrogen (secondary N) is 1. The van der Waals surface area contributed by atoms with Crippen molar-refractivity contribution in [1.82, 2.24) is 14.9 Å². The van der Waals surface area contributed by atoms with E-state index in [1.54, 1.807) is 0 Å². The maximum Gasteiger partial charge on any atom is 0.253 e. The fourth-order valence-corrected chi connectivity index (χ4v) is 4.34. The second-order valence-electron chi connectivity index (χ2n) is 7.72. The van der Waals surface area contributed by atoms with Crippen molar-refractivity contribution in [2.24, 2.45) is 0 Å². The van der Waals surface area contributed by atoms with Crippen LogP contribution in [0.15, 0.2) is 24.5 Å². The van der Waals surface area contributed by atoms with Crippen LogP contribution in [0.3, 0.4) is 0 Å². The quantitative estimate of drug-likeness (QED) is 0.624. The summed E-state index contributed by atoms with van der Waals surface area (Å²) >= 11 is 5.88. The number of halogens is 3. The van der Waals surface area contributed by atoms with Gasteiger partial charge in [0.1, 0.15) is 24.2 Å². The summed E-state index contributed by atoms with van der Waals surface area (Å²) in [5.41, 5.74) is 5.81. The molecule has 1 aromatic carbocycles. The predicted molar refractivity (Wildman–Crippen MR) is 113 cm³/mol. The molecule has 0 bridgehead atoms. The number of aliphatic hydroxyl groups excluding tert-OH is 1. The Bertz CT molecular complexity index is 1040. The Morgan fingerprint density at radius 2 is 1.91 bits per heavy atom. The van der Waals surface area contributed by atoms with Gasteiger partial charge in [-0.05, 0) is 37.5 Å². The van der Waals surface area contributed by atoms with Gasteiger partial charge in [-0.25, -0.2) is 14.4 Å². The molecule has 0 radical (unpaired) electrons. The van der Waals surface area contributed by atoms with Gasteiger partial charge < -0.3 is 21.1 Å². The molecule has 3 heterocycles. The van der Waals surface area contributed by atoms with Gasteiger partial charge in [0, 0.05) is 23.8 Å². The normalized spacial score (nSPS) is 24.1. The van der Waals surface area contributed by atoms with Crippen molar-refractivity contribution in [3.8, 4) is 0 Å². The maximum absolute atomic E-state index is 14.4. The lowest BCUT2D eigenvalue weighted by atomic mass is 9.95. The van der Waals surface area contributed by atoms with Crippen molar-refractivity contribution in [2.75, 3.05) is 29.0 Å². The second kappa shape index (κ2) is 8.83. The Morgan fingerprint density at radius 3 is 2.66 bits per heavy atom. The minimum atomic E-state index is -1.22. The summed E-state index contributed by atoms with van der Waals surface area (Å²) in [5, 5.41) is 13.7. The van der Waals surface area contributed by atoms with Crippen LogP contribution < -0.4 is 16.0 Å². The molecule has 1 aromatic heterocycles. The molecule has 2 aliphatic heterocycles. The number of aromatic nitrogens is 2. The molecule has 3 atom stereocenters. The molecule has 2 amide bonds. The molecular weight excluding hydrogens is 446 g/mol. The Hall–Kier alpha value is -3.05. The zero-order chi connectivity index (χ0) is 23.0. The molecule has 2 aromatic rings. The molecule has 32 heavy (non-hydrogen) atoms. The van der Waals surface area contributed by atoms with E-state index in [0.717, 1.165) is 17.3 Å². The van der Waals surface area contributed by atoms with E-state index in [1.807, 2.05) is 0 Å². The number of rotatable bonds is 4. The molecule has 2 fully saturated rings. The van der Waals surface area contributed by atoms with Gasteiger partial charge in [-0.1, -0.05) is 11.6 Å². The van der Waals surface area contributed by atoms with Crippen molar-refractivity contribution < 1.29 is 23.5 Å². The monoisotopic (exact) mass is 466 g/mol. The number of likely N-dealkylation sites (tertiary alicyclic amines) is 1. The third-order valence-corrected chi connectivity index (χ3v) is 5.82. The highest BCUT2D eigenvalue weighted by Gasteiger charge is 2.45. The summed E-state index contributed by atoms with van der Waals surface area (Å²) < 4.78 is 28.1. The number of piperidine rings is 2. The van der Waals surface area contributed by atoms with E-state index in [9.17, 15) is 23.5 Å². The number of aliphatic hydroxyl groups is 1. The van der Waals surface area contributed by atoms with Gasteiger partial charge in [0.15, 0.2) is 11.6 Å². The van der Waals surface area contributed by atoms with Gasteiger partial charge in [0.25, 0.3) is 5.91 Å². The number of hydrogen-bond donors (Lipinski definition) is 3. The number of amides is 2. The van der Waals surface area contributed by atoms with E-state index in [1.165, 1.54) is 17.0 Å². The van der Waals surface area contributed by atoms with E-state index in [2.05, 4.69) is 15.3 Å². The Morgan fingerprint density at radius 1 is 1.12 bits per heavy atom. The lowest BCUT2D eigenvalue weighted by Gasteiger charge is -2.43. The van der Waals surface area contributed by atoms with Gasteiger partial charge in [-0.3, -0.25) is 14.5 Å². The minimum absolute atomic E-state index is 0.00930. The molecule has 0 saturated carbocycles. The van der Waals surface area contributed by atoms with Crippen LogP contribution in [0.25, 0.3) is 0 Å². The largest absolute Gasteiger partial charge is 0.390 e. The van der Waals surface area contributed by atoms with Gasteiger partial charge in [0.05, 0.1) is 6.10 Å². The molecule has 2 aliphatic rings. The molecular formula is C20H21ClF2N6O3. The highest BCUT2D eigenvalue weighted by Crippen LogP contribution is 2.29. The van der Waals surface area contributed by atoms with Crippen LogP contribution in [0, 0.1) is 11.6 Å². The molecule has 2 saturated heterocycles. The third-order valence-electron chi connectivity index (χ3n) is 5.60. The summed E-state index contributed by atoms with van der Waals surface area (Å²) in [7, 11) is 0. The van der Waals surface area contributed by atoms with Crippen LogP contribution in [0.1, 0.15) is 19.3 Å². The predicted octanol–water partition coefficient (Wildman–Crippen LogP) is 1.56. The summed E-state index contributed by atoms with van der Waals surface area (Å²) in [5.74, 6) is -3.30. The Labute approximate surface area is 187 Å². The zero-order valence-electron chi connectivity index (χ0n) is 16.8. The number of nitrogens with two attached hydrogens (primary N) is 1. The Balaban J connectivity index is 1.57. The highest BCUT2D eigenvalue weighted by molar-refractivity contribution is 6.30. The maximum atomic E-state index is 14.4. The van der Waals surface area contributed by atoms with Crippen molar-refractivity contribution in [1.29, 1.82) is 0 Å². The van der Waals surface area contributed by atoms with Crippen LogP contribution in [0.5, 0.6) is 0 Å². The second-order valence-corrected chi connectivity index (χ2v) is 8.15. The van der Waals surface area contributed by atoms with E-state index in [-0.39, 0.29) is 30.4 Å². The molecule has 0 spiro atoms. The lowest BCUT2D eigenvalue weighted by molar-refractivity contribution is -0.148. The van der Waals surface area contributed by atoms with Crippen LogP contribution in [-0.4, -0.2) is 63.1 Å². The first-order chi connectivity index (χ1) is 15.3. The average molecular weight is 467 g/mol. The topological polar surface area (TPSA) is 125 Å². The molecule has 12 heteroatoms. The Kier molecular flexibility index (Phi) is 6.11. The smallest absolute Gasteiger partial charge is 0.253 e. The highest BCUT2D eigenvalue weighted by atomic mass is 35.5.